The Balaban J connectivity index is -0.000000608. The number of rotatable bonds is 20. The van der Waals surface area contributed by atoms with Crippen LogP contribution in [0, 0.1) is 0 Å². The van der Waals surface area contributed by atoms with Crippen molar-refractivity contribution in [3.63, 3.8) is 0 Å². The second-order valence-corrected chi connectivity index (χ2v) is 16.2. The van der Waals surface area contributed by atoms with Gasteiger partial charge in [-0.1, -0.05) is 53.4 Å². The molecular weight excluding hydrogens is 692 g/mol. The number of carbonyl (C=O) groups is 4. The molecule has 2 atom stereocenters. The molecule has 0 saturated heterocycles. The van der Waals surface area contributed by atoms with E-state index >= 15 is 0 Å². The predicted octanol–water partition coefficient (Wildman–Crippen LogP) is 5.70. The van der Waals surface area contributed by atoms with E-state index in [1.165, 1.54) is 13.8 Å². The molecule has 220 valence electrons. The van der Waals surface area contributed by atoms with Gasteiger partial charge in [-0.3, -0.25) is 19.2 Å². The first-order valence-electron chi connectivity index (χ1n) is 13.2. The van der Waals surface area contributed by atoms with Gasteiger partial charge in [0.05, 0.1) is 0 Å². The first-order chi connectivity index (χ1) is 17.0. The summed E-state index contributed by atoms with van der Waals surface area (Å²) >= 11 is 0. The standard InChI is InChI=1S/2C13H26O4Si.Pt/c2*1-6-8-9-12(15)13(11(3)14)18(16-4,17-5)10-7-2;/h2*13H,6-10H2,1-5H3;/q;;+2. The zero-order valence-electron chi connectivity index (χ0n) is 24.8. The average molecular weight is 744 g/mol. The zero-order valence-corrected chi connectivity index (χ0v) is 29.1. The minimum Gasteiger partial charge on any atom is -0.397 e. The molecule has 11 heteroatoms. The molecular formula is C26H52O8PtSi2+2. The van der Waals surface area contributed by atoms with Crippen molar-refractivity contribution >= 4 is 40.3 Å². The van der Waals surface area contributed by atoms with E-state index in [1.807, 2.05) is 27.7 Å². The molecule has 0 amide bonds. The van der Waals surface area contributed by atoms with Crippen molar-refractivity contribution in [1.29, 1.82) is 0 Å². The van der Waals surface area contributed by atoms with E-state index < -0.39 is 28.2 Å². The summed E-state index contributed by atoms with van der Waals surface area (Å²) in [6, 6.07) is 1.34. The minimum absolute atomic E-state index is 0. The second-order valence-electron chi connectivity index (χ2n) is 9.17. The van der Waals surface area contributed by atoms with E-state index in [2.05, 4.69) is 0 Å². The van der Waals surface area contributed by atoms with Crippen LogP contribution in [-0.4, -0.2) is 68.7 Å². The Kier molecular flexibility index (Phi) is 25.0. The first kappa shape index (κ1) is 41.1. The maximum absolute atomic E-state index is 12.2. The third kappa shape index (κ3) is 13.0. The molecule has 0 aromatic rings. The van der Waals surface area contributed by atoms with Crippen LogP contribution in [0.3, 0.4) is 0 Å². The molecule has 0 saturated carbocycles. The third-order valence-corrected chi connectivity index (χ3v) is 14.8. The maximum Gasteiger partial charge on any atom is 2.00 e. The summed E-state index contributed by atoms with van der Waals surface area (Å²) < 4.78 is 22.1. The molecule has 8 nitrogen and oxygen atoms in total. The van der Waals surface area contributed by atoms with Crippen LogP contribution in [0.15, 0.2) is 0 Å². The summed E-state index contributed by atoms with van der Waals surface area (Å²) in [5, 5.41) is 0. The van der Waals surface area contributed by atoms with Crippen molar-refractivity contribution in [1.82, 2.24) is 0 Å². The quantitative estimate of drug-likeness (QED) is 0.116. The molecule has 0 aliphatic rings. The van der Waals surface area contributed by atoms with Crippen molar-refractivity contribution in [2.24, 2.45) is 0 Å². The molecule has 0 fully saturated rings. The number of hydrogen-bond acceptors (Lipinski definition) is 8. The van der Waals surface area contributed by atoms with Gasteiger partial charge in [0.2, 0.25) is 0 Å². The summed E-state index contributed by atoms with van der Waals surface area (Å²) in [4.78, 5) is 48.2. The molecule has 0 aromatic carbocycles. The van der Waals surface area contributed by atoms with Gasteiger partial charge < -0.3 is 17.7 Å². The first-order valence-corrected chi connectivity index (χ1v) is 17.4. The van der Waals surface area contributed by atoms with Crippen LogP contribution < -0.4 is 0 Å². The summed E-state index contributed by atoms with van der Waals surface area (Å²) in [6.45, 7) is 11.0. The van der Waals surface area contributed by atoms with Crippen LogP contribution in [0.2, 0.25) is 23.2 Å². The fourth-order valence-electron chi connectivity index (χ4n) is 4.59. The van der Waals surface area contributed by atoms with Gasteiger partial charge >= 0.3 is 38.2 Å². The van der Waals surface area contributed by atoms with Crippen LogP contribution in [0.4, 0.5) is 0 Å². The minimum atomic E-state index is -2.75. The van der Waals surface area contributed by atoms with Gasteiger partial charge in [0.15, 0.2) is 0 Å². The van der Waals surface area contributed by atoms with E-state index in [9.17, 15) is 19.2 Å². The number of carbonyl (C=O) groups excluding carboxylic acids is 4. The zero-order chi connectivity index (χ0) is 28.4. The van der Waals surface area contributed by atoms with Gasteiger partial charge in [-0.2, -0.15) is 0 Å². The van der Waals surface area contributed by atoms with E-state index in [1.54, 1.807) is 28.4 Å². The summed E-state index contributed by atoms with van der Waals surface area (Å²) in [7, 11) is 0.704. The van der Waals surface area contributed by atoms with Gasteiger partial charge in [-0.25, -0.2) is 0 Å². The van der Waals surface area contributed by atoms with Crippen molar-refractivity contribution in [2.45, 2.75) is 116 Å². The molecule has 0 N–H and O–H groups in total. The predicted molar refractivity (Wildman–Crippen MR) is 148 cm³/mol. The number of hydrogen-bond donors (Lipinski definition) is 0. The molecule has 2 unspecified atom stereocenters. The Morgan fingerprint density at radius 3 is 1.00 bits per heavy atom. The van der Waals surface area contributed by atoms with E-state index in [4.69, 9.17) is 17.7 Å². The Morgan fingerprint density at radius 1 is 0.568 bits per heavy atom. The fourth-order valence-corrected chi connectivity index (χ4v) is 11.2. The van der Waals surface area contributed by atoms with Gasteiger partial charge in [-0.15, -0.1) is 0 Å². The van der Waals surface area contributed by atoms with Crippen LogP contribution in [0.25, 0.3) is 0 Å². The normalized spacial score (nSPS) is 13.0. The van der Waals surface area contributed by atoms with E-state index in [0.29, 0.717) is 24.9 Å². The summed E-state index contributed by atoms with van der Waals surface area (Å²) in [5.41, 5.74) is -1.36. The van der Waals surface area contributed by atoms with Gasteiger partial charge in [-0.05, 0) is 38.8 Å². The van der Waals surface area contributed by atoms with Crippen molar-refractivity contribution in [3.05, 3.63) is 0 Å². The van der Waals surface area contributed by atoms with Crippen LogP contribution in [0.5, 0.6) is 0 Å². The smallest absolute Gasteiger partial charge is 0.397 e. The molecule has 37 heavy (non-hydrogen) atoms. The summed E-state index contributed by atoms with van der Waals surface area (Å²) in [5.74, 6) is -0.291. The van der Waals surface area contributed by atoms with Crippen LogP contribution in [0.1, 0.15) is 92.9 Å². The molecule has 0 rings (SSSR count). The number of ketones is 4. The Morgan fingerprint density at radius 2 is 0.838 bits per heavy atom. The Labute approximate surface area is 242 Å². The largest absolute Gasteiger partial charge is 2.00 e. The Hall–Kier alpha value is -0.358. The molecule has 0 aliphatic heterocycles. The fraction of sp³-hybridized carbons (Fsp3) is 0.846. The number of unbranched alkanes of at least 4 members (excludes halogenated alkanes) is 2. The molecule has 0 heterocycles. The van der Waals surface area contributed by atoms with Crippen LogP contribution >= 0.6 is 0 Å². The maximum atomic E-state index is 12.2. The average Bonchev–Trinajstić information content (AvgIpc) is 2.85. The molecule has 0 aliphatic carbocycles. The molecule has 0 spiro atoms. The topological polar surface area (TPSA) is 105 Å². The third-order valence-electron chi connectivity index (χ3n) is 6.47. The van der Waals surface area contributed by atoms with Gasteiger partial charge in [0.1, 0.15) is 34.2 Å². The van der Waals surface area contributed by atoms with Gasteiger partial charge in [0, 0.05) is 41.3 Å². The van der Waals surface area contributed by atoms with Crippen molar-refractivity contribution < 1.29 is 57.9 Å². The SMILES string of the molecule is CCCCC(=O)C(C(C)=O)[Si](CCC)(OC)OC.CCCCC(=O)C(C(C)=O)[Si](CCC)(OC)OC.[Pt+2]. The molecule has 0 bridgehead atoms. The monoisotopic (exact) mass is 743 g/mol. The van der Waals surface area contributed by atoms with E-state index in [0.717, 1.165) is 38.5 Å². The van der Waals surface area contributed by atoms with E-state index in [-0.39, 0.29) is 44.2 Å². The Bertz CT molecular complexity index is 611. The summed E-state index contributed by atoms with van der Waals surface area (Å²) in [6.07, 6.45) is 6.08. The van der Waals surface area contributed by atoms with Crippen molar-refractivity contribution in [3.8, 4) is 0 Å². The second kappa shape index (κ2) is 22.5. The molecule has 0 radical (unpaired) electrons. The van der Waals surface area contributed by atoms with Gasteiger partial charge in [0.25, 0.3) is 0 Å². The van der Waals surface area contributed by atoms with Crippen molar-refractivity contribution in [2.75, 3.05) is 28.4 Å². The van der Waals surface area contributed by atoms with Crippen LogP contribution in [-0.2, 0) is 57.9 Å². The number of Topliss-reactive ketones (excluding diaryl/α,β-unsaturated/α-hetero) is 4. The molecule has 0 aromatic heterocycles.